The molecule has 0 unspecified atom stereocenters. The molecule has 7 nitrogen and oxygen atoms in total. The minimum Gasteiger partial charge on any atom is -0.379 e. The van der Waals surface area contributed by atoms with Gasteiger partial charge in [-0.2, -0.15) is 0 Å². The summed E-state index contributed by atoms with van der Waals surface area (Å²) in [7, 11) is -3.93. The molecule has 34 heavy (non-hydrogen) atoms. The molecule has 1 aliphatic heterocycles. The van der Waals surface area contributed by atoms with Crippen LogP contribution in [0.3, 0.4) is 0 Å². The lowest BCUT2D eigenvalue weighted by Crippen LogP contribution is -2.40. The van der Waals surface area contributed by atoms with Crippen molar-refractivity contribution in [1.29, 1.82) is 0 Å². The van der Waals surface area contributed by atoms with Gasteiger partial charge in [0.05, 0.1) is 28.3 Å². The van der Waals surface area contributed by atoms with Crippen molar-refractivity contribution in [2.45, 2.75) is 25.2 Å². The molecule has 2 aromatic carbocycles. The van der Waals surface area contributed by atoms with Crippen LogP contribution in [0.1, 0.15) is 17.5 Å². The molecule has 1 saturated heterocycles. The lowest BCUT2D eigenvalue weighted by Gasteiger charge is -2.27. The number of carbonyl (C=O) groups is 1. The molecule has 0 bridgehead atoms. The highest BCUT2D eigenvalue weighted by molar-refractivity contribution is 7.92. The van der Waals surface area contributed by atoms with Crippen molar-refractivity contribution in [3.05, 3.63) is 53.3 Å². The number of nitrogens with zero attached hydrogens (tertiary/aromatic N) is 3. The second kappa shape index (κ2) is 10.5. The first kappa shape index (κ1) is 24.7. The molecule has 0 atom stereocenters. The Bertz CT molecular complexity index is 1270. The highest BCUT2D eigenvalue weighted by atomic mass is 32.2. The van der Waals surface area contributed by atoms with Crippen LogP contribution >= 0.6 is 11.3 Å². The van der Waals surface area contributed by atoms with Gasteiger partial charge in [-0.3, -0.25) is 14.6 Å². The zero-order valence-electron chi connectivity index (χ0n) is 19.3. The lowest BCUT2D eigenvalue weighted by atomic mass is 10.1. The molecular weight excluding hydrogens is 477 g/mol. The maximum Gasteiger partial charge on any atom is 0.244 e. The maximum absolute atomic E-state index is 13.3. The van der Waals surface area contributed by atoms with Crippen molar-refractivity contribution >= 4 is 42.4 Å². The number of hydrogen-bond acceptors (Lipinski definition) is 7. The van der Waals surface area contributed by atoms with Crippen molar-refractivity contribution in [3.8, 4) is 0 Å². The number of morpholine rings is 1. The van der Waals surface area contributed by atoms with Crippen LogP contribution in [0.15, 0.2) is 41.3 Å². The van der Waals surface area contributed by atoms with E-state index < -0.39 is 27.3 Å². The first-order chi connectivity index (χ1) is 16.2. The van der Waals surface area contributed by atoms with Gasteiger partial charge in [0.25, 0.3) is 0 Å². The van der Waals surface area contributed by atoms with E-state index in [9.17, 15) is 17.6 Å². The fourth-order valence-corrected chi connectivity index (χ4v) is 6.31. The van der Waals surface area contributed by atoms with Crippen molar-refractivity contribution in [3.63, 3.8) is 0 Å². The summed E-state index contributed by atoms with van der Waals surface area (Å²) in [5.41, 5.74) is 2.94. The summed E-state index contributed by atoms with van der Waals surface area (Å²) < 4.78 is 45.4. The summed E-state index contributed by atoms with van der Waals surface area (Å²) in [6.07, 6.45) is 0.677. The molecule has 0 spiro atoms. The van der Waals surface area contributed by atoms with Gasteiger partial charge in [-0.15, -0.1) is 0 Å². The molecule has 1 aliphatic rings. The number of sulfone groups is 1. The Kier molecular flexibility index (Phi) is 7.61. The van der Waals surface area contributed by atoms with Gasteiger partial charge in [0, 0.05) is 26.2 Å². The molecule has 3 aromatic rings. The van der Waals surface area contributed by atoms with E-state index in [4.69, 9.17) is 4.74 Å². The second-order valence-corrected chi connectivity index (χ2v) is 11.5. The fraction of sp³-hybridized carbons (Fsp3) is 0.417. The third kappa shape index (κ3) is 5.80. The van der Waals surface area contributed by atoms with Crippen molar-refractivity contribution in [1.82, 2.24) is 9.88 Å². The van der Waals surface area contributed by atoms with E-state index in [1.165, 1.54) is 28.4 Å². The summed E-state index contributed by atoms with van der Waals surface area (Å²) in [4.78, 5) is 21.7. The number of halogens is 1. The monoisotopic (exact) mass is 505 g/mol. The SMILES string of the molecule is Cc1cc(C)c2sc(N(CCCN3CCOCC3)C(=O)CS(=O)(=O)c3ccc(F)cc3)nc2c1. The third-order valence-electron chi connectivity index (χ3n) is 5.79. The molecule has 1 amide bonds. The predicted molar refractivity (Wildman–Crippen MR) is 132 cm³/mol. The Balaban J connectivity index is 1.58. The fourth-order valence-electron chi connectivity index (χ4n) is 4.05. The van der Waals surface area contributed by atoms with Crippen LogP contribution in [0.2, 0.25) is 0 Å². The number of anilines is 1. The maximum atomic E-state index is 13.3. The number of fused-ring (bicyclic) bond motifs is 1. The van der Waals surface area contributed by atoms with Gasteiger partial charge in [-0.05, 0) is 61.7 Å². The predicted octanol–water partition coefficient (Wildman–Crippen LogP) is 3.58. The van der Waals surface area contributed by atoms with E-state index in [-0.39, 0.29) is 4.90 Å². The van der Waals surface area contributed by atoms with Crippen LogP contribution in [0.4, 0.5) is 9.52 Å². The summed E-state index contributed by atoms with van der Waals surface area (Å²) >= 11 is 1.39. The number of aromatic nitrogens is 1. The summed E-state index contributed by atoms with van der Waals surface area (Å²) in [5, 5.41) is 0.491. The Labute approximate surface area is 203 Å². The molecule has 10 heteroatoms. The van der Waals surface area contributed by atoms with Crippen LogP contribution in [-0.2, 0) is 19.4 Å². The van der Waals surface area contributed by atoms with Crippen LogP contribution < -0.4 is 4.90 Å². The number of thiazole rings is 1. The zero-order valence-corrected chi connectivity index (χ0v) is 20.9. The Morgan fingerprint density at radius 2 is 1.88 bits per heavy atom. The Morgan fingerprint density at radius 1 is 1.18 bits per heavy atom. The molecule has 0 saturated carbocycles. The van der Waals surface area contributed by atoms with Crippen molar-refractivity contribution in [2.24, 2.45) is 0 Å². The first-order valence-corrected chi connectivity index (χ1v) is 13.7. The molecule has 2 heterocycles. The van der Waals surface area contributed by atoms with Gasteiger partial charge in [0.1, 0.15) is 11.6 Å². The van der Waals surface area contributed by atoms with Gasteiger partial charge in [-0.1, -0.05) is 17.4 Å². The average Bonchev–Trinajstić information content (AvgIpc) is 3.21. The molecule has 1 fully saturated rings. The molecular formula is C24H28FN3O4S2. The van der Waals surface area contributed by atoms with Crippen molar-refractivity contribution in [2.75, 3.05) is 50.0 Å². The van der Waals surface area contributed by atoms with Gasteiger partial charge < -0.3 is 4.74 Å². The number of hydrogen-bond donors (Lipinski definition) is 0. The van der Waals surface area contributed by atoms with Gasteiger partial charge in [0.15, 0.2) is 15.0 Å². The van der Waals surface area contributed by atoms with Crippen molar-refractivity contribution < 1.29 is 22.3 Å². The minimum absolute atomic E-state index is 0.0775. The molecule has 1 aromatic heterocycles. The summed E-state index contributed by atoms with van der Waals surface area (Å²) in [5.74, 6) is -1.78. The number of benzene rings is 2. The topological polar surface area (TPSA) is 79.8 Å². The molecule has 0 N–H and O–H groups in total. The highest BCUT2D eigenvalue weighted by Crippen LogP contribution is 2.32. The largest absolute Gasteiger partial charge is 0.379 e. The quantitative estimate of drug-likeness (QED) is 0.436. The number of amides is 1. The van der Waals surface area contributed by atoms with E-state index in [0.29, 0.717) is 31.3 Å². The number of aryl methyl sites for hydroxylation is 2. The van der Waals surface area contributed by atoms with Gasteiger partial charge >= 0.3 is 0 Å². The van der Waals surface area contributed by atoms with Gasteiger partial charge in [0.2, 0.25) is 5.91 Å². The van der Waals surface area contributed by atoms with Crippen LogP contribution in [0.25, 0.3) is 10.2 Å². The number of carbonyl (C=O) groups excluding carboxylic acids is 1. The second-order valence-electron chi connectivity index (χ2n) is 8.49. The Morgan fingerprint density at radius 3 is 2.59 bits per heavy atom. The van der Waals surface area contributed by atoms with E-state index in [1.807, 2.05) is 19.9 Å². The number of ether oxygens (including phenoxy) is 1. The third-order valence-corrected chi connectivity index (χ3v) is 8.63. The summed E-state index contributed by atoms with van der Waals surface area (Å²) in [6.45, 7) is 8.18. The van der Waals surface area contributed by atoms with E-state index in [0.717, 1.165) is 53.1 Å². The standard InChI is InChI=1S/C24H28FN3O4S2/c1-17-14-18(2)23-21(15-17)26-24(33-23)28(9-3-8-27-10-12-32-13-11-27)22(29)16-34(30,31)20-6-4-19(25)5-7-20/h4-7,14-15H,3,8-13,16H2,1-2H3. The zero-order chi connectivity index (χ0) is 24.3. The minimum atomic E-state index is -3.93. The lowest BCUT2D eigenvalue weighted by molar-refractivity contribution is -0.116. The molecule has 0 radical (unpaired) electrons. The van der Waals surface area contributed by atoms with Gasteiger partial charge in [-0.25, -0.2) is 17.8 Å². The molecule has 4 rings (SSSR count). The average molecular weight is 506 g/mol. The van der Waals surface area contributed by atoms with Crippen LogP contribution in [0, 0.1) is 19.7 Å². The van der Waals surface area contributed by atoms with E-state index in [1.54, 1.807) is 0 Å². The Hall–Kier alpha value is -2.40. The first-order valence-electron chi connectivity index (χ1n) is 11.2. The van der Waals surface area contributed by atoms with Crippen LogP contribution in [-0.4, -0.2) is 69.4 Å². The smallest absolute Gasteiger partial charge is 0.244 e. The molecule has 182 valence electrons. The normalized spacial score (nSPS) is 15.0. The summed E-state index contributed by atoms with van der Waals surface area (Å²) in [6, 6.07) is 8.56. The highest BCUT2D eigenvalue weighted by Gasteiger charge is 2.27. The van der Waals surface area contributed by atoms with Crippen LogP contribution in [0.5, 0.6) is 0 Å². The molecule has 0 aliphatic carbocycles. The van der Waals surface area contributed by atoms with E-state index >= 15 is 0 Å². The number of rotatable bonds is 8. The van der Waals surface area contributed by atoms with E-state index in [2.05, 4.69) is 16.0 Å².